The molecule has 0 saturated heterocycles. The second kappa shape index (κ2) is 10.8. The molecule has 0 spiro atoms. The molecule has 3 N–H and O–H groups in total. The summed E-state index contributed by atoms with van der Waals surface area (Å²) in [4.78, 5) is 34.9. The summed E-state index contributed by atoms with van der Waals surface area (Å²) >= 11 is 0. The van der Waals surface area contributed by atoms with E-state index in [2.05, 4.69) is 15.7 Å². The zero-order chi connectivity index (χ0) is 21.4. The van der Waals surface area contributed by atoms with Gasteiger partial charge in [0.2, 0.25) is 0 Å². The van der Waals surface area contributed by atoms with E-state index in [1.807, 2.05) is 20.8 Å². The standard InChI is InChI=1S/C18H28N4O5S2/c1-18(2,3)27-17(26)20-12-5-4-8-22-14(12)11-13(21-22)16(25)19-7-10-29-28-9-6-15(23)24/h11-12H,4-10H2,1-3H3,(H,19,25)(H,20,26)(H,23,24). The van der Waals surface area contributed by atoms with Crippen molar-refractivity contribution in [1.82, 2.24) is 20.4 Å². The van der Waals surface area contributed by atoms with Crippen LogP contribution in [0.25, 0.3) is 0 Å². The van der Waals surface area contributed by atoms with Crippen molar-refractivity contribution in [3.63, 3.8) is 0 Å². The third-order valence-electron chi connectivity index (χ3n) is 3.91. The molecule has 1 atom stereocenters. The van der Waals surface area contributed by atoms with Gasteiger partial charge in [0.05, 0.1) is 18.2 Å². The first kappa shape index (κ1) is 23.4. The minimum Gasteiger partial charge on any atom is -0.481 e. The van der Waals surface area contributed by atoms with Gasteiger partial charge in [-0.3, -0.25) is 14.3 Å². The van der Waals surface area contributed by atoms with E-state index in [-0.39, 0.29) is 18.4 Å². The number of carbonyl (C=O) groups is 3. The number of alkyl carbamates (subject to hydrolysis) is 1. The highest BCUT2D eigenvalue weighted by molar-refractivity contribution is 8.76. The number of hydrogen-bond acceptors (Lipinski definition) is 7. The van der Waals surface area contributed by atoms with Gasteiger partial charge in [-0.05, 0) is 39.7 Å². The highest BCUT2D eigenvalue weighted by atomic mass is 33.1. The molecule has 0 aliphatic carbocycles. The summed E-state index contributed by atoms with van der Waals surface area (Å²) in [6.45, 7) is 6.59. The lowest BCUT2D eigenvalue weighted by atomic mass is 10.0. The lowest BCUT2D eigenvalue weighted by Crippen LogP contribution is -2.37. The Balaban J connectivity index is 1.83. The van der Waals surface area contributed by atoms with Crippen LogP contribution in [-0.2, 0) is 16.1 Å². The topological polar surface area (TPSA) is 123 Å². The molecule has 2 heterocycles. The molecule has 1 aliphatic rings. The molecule has 2 amide bonds. The van der Waals surface area contributed by atoms with Crippen molar-refractivity contribution >= 4 is 39.6 Å². The van der Waals surface area contributed by atoms with Crippen LogP contribution >= 0.6 is 21.6 Å². The quantitative estimate of drug-likeness (QED) is 0.392. The van der Waals surface area contributed by atoms with Crippen molar-refractivity contribution in [1.29, 1.82) is 0 Å². The Labute approximate surface area is 178 Å². The average Bonchev–Trinajstić information content (AvgIpc) is 3.04. The van der Waals surface area contributed by atoms with Gasteiger partial charge in [-0.15, -0.1) is 0 Å². The maximum Gasteiger partial charge on any atom is 0.408 e. The number of nitrogens with zero attached hydrogens (tertiary/aromatic N) is 2. The van der Waals surface area contributed by atoms with E-state index >= 15 is 0 Å². The SMILES string of the molecule is CC(C)(C)OC(=O)NC1CCCn2nc(C(=O)NCCSSCCC(=O)O)cc21. The van der Waals surface area contributed by atoms with Crippen molar-refractivity contribution in [2.45, 2.75) is 58.2 Å². The number of hydrogen-bond donors (Lipinski definition) is 3. The van der Waals surface area contributed by atoms with Crippen LogP contribution in [-0.4, -0.2) is 56.5 Å². The van der Waals surface area contributed by atoms with E-state index in [9.17, 15) is 14.4 Å². The maximum absolute atomic E-state index is 12.4. The molecular weight excluding hydrogens is 416 g/mol. The third-order valence-corrected chi connectivity index (χ3v) is 6.32. The van der Waals surface area contributed by atoms with Crippen molar-refractivity contribution in [2.24, 2.45) is 0 Å². The Morgan fingerprint density at radius 1 is 1.31 bits per heavy atom. The summed E-state index contributed by atoms with van der Waals surface area (Å²) in [5, 5.41) is 18.6. The third kappa shape index (κ3) is 8.17. The zero-order valence-electron chi connectivity index (χ0n) is 16.9. The number of nitrogens with one attached hydrogen (secondary N) is 2. The number of rotatable bonds is 9. The first-order valence-electron chi connectivity index (χ1n) is 9.47. The lowest BCUT2D eigenvalue weighted by molar-refractivity contribution is -0.136. The Morgan fingerprint density at radius 3 is 2.72 bits per heavy atom. The van der Waals surface area contributed by atoms with Gasteiger partial charge in [-0.25, -0.2) is 4.79 Å². The Bertz CT molecular complexity index is 732. The van der Waals surface area contributed by atoms with Gasteiger partial charge in [0.15, 0.2) is 5.69 Å². The lowest BCUT2D eigenvalue weighted by Gasteiger charge is -2.26. The molecule has 1 unspecified atom stereocenters. The predicted octanol–water partition coefficient (Wildman–Crippen LogP) is 2.83. The largest absolute Gasteiger partial charge is 0.481 e. The number of amides is 2. The molecule has 29 heavy (non-hydrogen) atoms. The zero-order valence-corrected chi connectivity index (χ0v) is 18.5. The second-order valence-electron chi connectivity index (χ2n) is 7.56. The van der Waals surface area contributed by atoms with Crippen LogP contribution in [0.15, 0.2) is 6.07 Å². The number of carboxylic acids is 1. The summed E-state index contributed by atoms with van der Waals surface area (Å²) in [6.07, 6.45) is 1.25. The number of aryl methyl sites for hydroxylation is 1. The Morgan fingerprint density at radius 2 is 2.03 bits per heavy atom. The minimum absolute atomic E-state index is 0.128. The summed E-state index contributed by atoms with van der Waals surface area (Å²) in [6, 6.07) is 1.47. The predicted molar refractivity (Wildman–Crippen MR) is 113 cm³/mol. The van der Waals surface area contributed by atoms with E-state index in [1.165, 1.54) is 21.6 Å². The molecule has 0 bridgehead atoms. The Hall–Kier alpha value is -1.88. The summed E-state index contributed by atoms with van der Waals surface area (Å²) < 4.78 is 7.08. The summed E-state index contributed by atoms with van der Waals surface area (Å²) in [7, 11) is 3.00. The van der Waals surface area contributed by atoms with Crippen molar-refractivity contribution in [3.05, 3.63) is 17.5 Å². The summed E-state index contributed by atoms with van der Waals surface area (Å²) in [5.74, 6) is 0.133. The summed E-state index contributed by atoms with van der Waals surface area (Å²) in [5.41, 5.74) is 0.542. The highest BCUT2D eigenvalue weighted by Crippen LogP contribution is 2.26. The van der Waals surface area contributed by atoms with Gasteiger partial charge < -0.3 is 20.5 Å². The number of fused-ring (bicyclic) bond motifs is 1. The fraction of sp³-hybridized carbons (Fsp3) is 0.667. The number of ether oxygens (including phenoxy) is 1. The van der Waals surface area contributed by atoms with E-state index in [4.69, 9.17) is 9.84 Å². The maximum atomic E-state index is 12.4. The van der Waals surface area contributed by atoms with E-state index in [1.54, 1.807) is 10.7 Å². The van der Waals surface area contributed by atoms with Gasteiger partial charge in [0, 0.05) is 24.6 Å². The molecule has 1 aromatic rings. The molecule has 1 aromatic heterocycles. The number of aliphatic carboxylic acids is 1. The van der Waals surface area contributed by atoms with Gasteiger partial charge in [-0.2, -0.15) is 5.10 Å². The first-order chi connectivity index (χ1) is 13.7. The normalized spacial score (nSPS) is 16.0. The van der Waals surface area contributed by atoms with Crippen LogP contribution in [0, 0.1) is 0 Å². The highest BCUT2D eigenvalue weighted by Gasteiger charge is 2.27. The molecule has 0 aromatic carbocycles. The van der Waals surface area contributed by atoms with Gasteiger partial charge in [-0.1, -0.05) is 21.6 Å². The van der Waals surface area contributed by atoms with Crippen LogP contribution < -0.4 is 10.6 Å². The van der Waals surface area contributed by atoms with Crippen LogP contribution in [0.4, 0.5) is 4.79 Å². The monoisotopic (exact) mass is 444 g/mol. The molecule has 0 fully saturated rings. The molecule has 162 valence electrons. The van der Waals surface area contributed by atoms with E-state index < -0.39 is 17.7 Å². The number of carboxylic acid groups (broad SMARTS) is 1. The molecule has 2 rings (SSSR count). The fourth-order valence-electron chi connectivity index (χ4n) is 2.73. The van der Waals surface area contributed by atoms with Gasteiger partial charge in [0.25, 0.3) is 5.91 Å². The first-order valence-corrected chi connectivity index (χ1v) is 12.0. The van der Waals surface area contributed by atoms with Crippen LogP contribution in [0.3, 0.4) is 0 Å². The minimum atomic E-state index is -0.811. The van der Waals surface area contributed by atoms with Crippen LogP contribution in [0.2, 0.25) is 0 Å². The smallest absolute Gasteiger partial charge is 0.408 e. The van der Waals surface area contributed by atoms with E-state index in [0.717, 1.165) is 18.5 Å². The number of aromatic nitrogens is 2. The fourth-order valence-corrected chi connectivity index (χ4v) is 4.62. The van der Waals surface area contributed by atoms with Crippen LogP contribution in [0.1, 0.15) is 62.3 Å². The van der Waals surface area contributed by atoms with Crippen molar-refractivity contribution in [2.75, 3.05) is 18.1 Å². The van der Waals surface area contributed by atoms with E-state index in [0.29, 0.717) is 30.3 Å². The number of carbonyl (C=O) groups excluding carboxylic acids is 2. The van der Waals surface area contributed by atoms with Crippen molar-refractivity contribution in [3.8, 4) is 0 Å². The molecule has 0 radical (unpaired) electrons. The molecular formula is C18H28N4O5S2. The van der Waals surface area contributed by atoms with Crippen LogP contribution in [0.5, 0.6) is 0 Å². The molecule has 11 heteroatoms. The van der Waals surface area contributed by atoms with Gasteiger partial charge >= 0.3 is 12.1 Å². The molecule has 0 saturated carbocycles. The Kier molecular flexibility index (Phi) is 8.69. The van der Waals surface area contributed by atoms with Crippen molar-refractivity contribution < 1.29 is 24.2 Å². The second-order valence-corrected chi connectivity index (χ2v) is 10.3. The van der Waals surface area contributed by atoms with Gasteiger partial charge in [0.1, 0.15) is 5.60 Å². The average molecular weight is 445 g/mol. The molecule has 1 aliphatic heterocycles. The molecule has 9 nitrogen and oxygen atoms in total.